The molecule has 0 heterocycles. The molecule has 0 aliphatic carbocycles. The molecule has 0 aliphatic heterocycles. The number of ether oxygens (including phenoxy) is 6. The van der Waals surface area contributed by atoms with Crippen molar-refractivity contribution in [1.29, 1.82) is 0 Å². The largest absolute Gasteiger partial charge is 0.380 e. The molecule has 0 atom stereocenters. The molecule has 9 nitrogen and oxygen atoms in total. The number of hydrogen-bond acceptors (Lipinski definition) is 7. The average Bonchev–Trinajstić information content (AvgIpc) is 3.15. The van der Waals surface area contributed by atoms with Crippen molar-refractivity contribution in [1.82, 2.24) is 0 Å². The van der Waals surface area contributed by atoms with Crippen LogP contribution in [0.4, 0.5) is 0 Å². The molecule has 0 N–H and O–H groups in total. The van der Waals surface area contributed by atoms with Crippen LogP contribution in [0.3, 0.4) is 0 Å². The summed E-state index contributed by atoms with van der Waals surface area (Å²) in [5.41, 5.74) is 12.7. The van der Waals surface area contributed by atoms with Crippen LogP contribution in [0.25, 0.3) is 10.4 Å². The van der Waals surface area contributed by atoms with Crippen molar-refractivity contribution in [3.63, 3.8) is 0 Å². The SMILES string of the molecule is CC(COCc1ccccc1)(COCc1ccccc1)COCC(CN=[N+]=[N-])COCC(C)(COCc1ccccc1)COCc1ccccc1. The van der Waals surface area contributed by atoms with Crippen molar-refractivity contribution < 1.29 is 28.4 Å². The normalized spacial score (nSPS) is 11.8. The van der Waals surface area contributed by atoms with E-state index in [0.29, 0.717) is 79.3 Å². The fourth-order valence-electron chi connectivity index (χ4n) is 5.46. The Morgan fingerprint density at radius 1 is 0.471 bits per heavy atom. The van der Waals surface area contributed by atoms with Crippen LogP contribution >= 0.6 is 0 Å². The molecule has 0 fully saturated rings. The molecule has 0 spiro atoms. The number of hydrogen-bond donors (Lipinski definition) is 0. The number of nitrogens with zero attached hydrogens (tertiary/aromatic N) is 3. The average molecular weight is 696 g/mol. The highest BCUT2D eigenvalue weighted by molar-refractivity contribution is 5.15. The monoisotopic (exact) mass is 695 g/mol. The zero-order valence-electron chi connectivity index (χ0n) is 30.1. The second-order valence-corrected chi connectivity index (χ2v) is 13.8. The third-order valence-corrected chi connectivity index (χ3v) is 8.26. The molecule has 0 radical (unpaired) electrons. The van der Waals surface area contributed by atoms with E-state index in [-0.39, 0.29) is 12.5 Å². The first-order valence-electron chi connectivity index (χ1n) is 17.6. The maximum atomic E-state index is 9.10. The van der Waals surface area contributed by atoms with Gasteiger partial charge in [-0.2, -0.15) is 0 Å². The van der Waals surface area contributed by atoms with E-state index in [1.165, 1.54) is 0 Å². The van der Waals surface area contributed by atoms with Gasteiger partial charge < -0.3 is 28.4 Å². The Hall–Kier alpha value is -4.05. The number of benzene rings is 4. The Labute approximate surface area is 303 Å². The van der Waals surface area contributed by atoms with Gasteiger partial charge in [0.1, 0.15) is 0 Å². The first-order valence-corrected chi connectivity index (χ1v) is 17.6. The summed E-state index contributed by atoms with van der Waals surface area (Å²) < 4.78 is 37.2. The molecule has 0 amide bonds. The molecule has 0 bridgehead atoms. The van der Waals surface area contributed by atoms with Crippen LogP contribution in [0.15, 0.2) is 126 Å². The van der Waals surface area contributed by atoms with Gasteiger partial charge in [0.2, 0.25) is 0 Å². The smallest absolute Gasteiger partial charge is 0.0717 e. The molecule has 51 heavy (non-hydrogen) atoms. The summed E-state index contributed by atoms with van der Waals surface area (Å²) in [5, 5.41) is 3.86. The van der Waals surface area contributed by atoms with Crippen molar-refractivity contribution in [3.8, 4) is 0 Å². The molecule has 0 saturated heterocycles. The Kier molecular flexibility index (Phi) is 17.7. The zero-order chi connectivity index (χ0) is 35.9. The predicted molar refractivity (Wildman–Crippen MR) is 200 cm³/mol. The van der Waals surface area contributed by atoms with Crippen LogP contribution in [0, 0.1) is 16.7 Å². The molecule has 4 rings (SSSR count). The maximum absolute atomic E-state index is 9.10. The lowest BCUT2D eigenvalue weighted by atomic mass is 9.94. The van der Waals surface area contributed by atoms with Gasteiger partial charge in [-0.25, -0.2) is 0 Å². The highest BCUT2D eigenvalue weighted by atomic mass is 16.5. The maximum Gasteiger partial charge on any atom is 0.0717 e. The van der Waals surface area contributed by atoms with Gasteiger partial charge in [-0.15, -0.1) is 0 Å². The molecule has 0 unspecified atom stereocenters. The van der Waals surface area contributed by atoms with Crippen LogP contribution in [-0.2, 0) is 54.8 Å². The zero-order valence-corrected chi connectivity index (χ0v) is 30.1. The standard InChI is InChI=1S/C42H53N3O6/c1-41(30-46-24-36-15-7-3-8-16-36,31-47-25-37-17-9-4-10-18-37)34-50-28-40(23-44-45-43)29-51-35-42(2,32-48-26-38-19-11-5-12-20-38)33-49-27-39-21-13-6-14-22-39/h3-22,40H,23-35H2,1-2H3. The Morgan fingerprint density at radius 3 is 1.02 bits per heavy atom. The molecule has 4 aromatic rings. The van der Waals surface area contributed by atoms with Crippen molar-refractivity contribution in [2.24, 2.45) is 21.9 Å². The molecule has 0 aliphatic rings. The predicted octanol–water partition coefficient (Wildman–Crippen LogP) is 8.83. The van der Waals surface area contributed by atoms with Crippen molar-refractivity contribution in [2.75, 3.05) is 59.4 Å². The Bertz CT molecular complexity index is 1320. The third-order valence-electron chi connectivity index (χ3n) is 8.26. The second-order valence-electron chi connectivity index (χ2n) is 13.8. The molecule has 0 aromatic heterocycles. The summed E-state index contributed by atoms with van der Waals surface area (Å²) in [6.45, 7) is 9.85. The van der Waals surface area contributed by atoms with Crippen LogP contribution in [0.2, 0.25) is 0 Å². The van der Waals surface area contributed by atoms with E-state index in [9.17, 15) is 0 Å². The lowest BCUT2D eigenvalue weighted by molar-refractivity contribution is -0.0867. The molecule has 9 heteroatoms. The van der Waals surface area contributed by atoms with E-state index in [4.69, 9.17) is 34.0 Å². The topological polar surface area (TPSA) is 104 Å². The van der Waals surface area contributed by atoms with Crippen molar-refractivity contribution >= 4 is 0 Å². The summed E-state index contributed by atoms with van der Waals surface area (Å²) in [7, 11) is 0. The summed E-state index contributed by atoms with van der Waals surface area (Å²) >= 11 is 0. The van der Waals surface area contributed by atoms with Gasteiger partial charge in [0.05, 0.1) is 79.3 Å². The van der Waals surface area contributed by atoms with Gasteiger partial charge >= 0.3 is 0 Å². The minimum Gasteiger partial charge on any atom is -0.380 e. The molecule has 4 aromatic carbocycles. The first-order chi connectivity index (χ1) is 25.0. The quantitative estimate of drug-likeness (QED) is 0.0370. The van der Waals surface area contributed by atoms with Gasteiger partial charge in [-0.3, -0.25) is 0 Å². The third kappa shape index (κ3) is 16.2. The fraction of sp³-hybridized carbons (Fsp3) is 0.429. The molecular formula is C42H53N3O6. The van der Waals surface area contributed by atoms with Crippen molar-refractivity contribution in [3.05, 3.63) is 154 Å². The number of rotatable bonds is 26. The summed E-state index contributed by atoms with van der Waals surface area (Å²) in [5.74, 6) is -0.139. The van der Waals surface area contributed by atoms with Crippen LogP contribution in [0.1, 0.15) is 36.1 Å². The lowest BCUT2D eigenvalue weighted by Gasteiger charge is -2.31. The number of azide groups is 1. The minimum atomic E-state index is -0.405. The van der Waals surface area contributed by atoms with Crippen molar-refractivity contribution in [2.45, 2.75) is 40.3 Å². The van der Waals surface area contributed by atoms with Gasteiger partial charge in [-0.05, 0) is 27.8 Å². The Morgan fingerprint density at radius 2 is 0.745 bits per heavy atom. The minimum absolute atomic E-state index is 0.139. The highest BCUT2D eigenvalue weighted by Gasteiger charge is 2.28. The van der Waals surface area contributed by atoms with E-state index < -0.39 is 10.8 Å². The van der Waals surface area contributed by atoms with Crippen LogP contribution in [-0.4, -0.2) is 59.4 Å². The van der Waals surface area contributed by atoms with Gasteiger partial charge in [0.15, 0.2) is 0 Å². The fourth-order valence-corrected chi connectivity index (χ4v) is 5.46. The van der Waals surface area contributed by atoms with E-state index in [2.05, 4.69) is 72.4 Å². The summed E-state index contributed by atoms with van der Waals surface area (Å²) in [6.07, 6.45) is 0. The van der Waals surface area contributed by atoms with E-state index in [1.807, 2.05) is 72.8 Å². The lowest BCUT2D eigenvalue weighted by Crippen LogP contribution is -2.36. The summed E-state index contributed by atoms with van der Waals surface area (Å²) in [4.78, 5) is 3.00. The first kappa shape index (κ1) is 39.7. The van der Waals surface area contributed by atoms with Gasteiger partial charge in [0.25, 0.3) is 0 Å². The van der Waals surface area contributed by atoms with Crippen LogP contribution in [0.5, 0.6) is 0 Å². The molecule has 0 saturated carbocycles. The Balaban J connectivity index is 1.30. The second kappa shape index (κ2) is 22.7. The molecular weight excluding hydrogens is 642 g/mol. The van der Waals surface area contributed by atoms with Crippen LogP contribution < -0.4 is 0 Å². The highest BCUT2D eigenvalue weighted by Crippen LogP contribution is 2.23. The van der Waals surface area contributed by atoms with Gasteiger partial charge in [0, 0.05) is 28.2 Å². The summed E-state index contributed by atoms with van der Waals surface area (Å²) in [6, 6.07) is 40.5. The van der Waals surface area contributed by atoms with E-state index in [0.717, 1.165) is 22.3 Å². The van der Waals surface area contributed by atoms with E-state index >= 15 is 0 Å². The van der Waals surface area contributed by atoms with E-state index in [1.54, 1.807) is 0 Å². The van der Waals surface area contributed by atoms with Gasteiger partial charge in [-0.1, -0.05) is 140 Å². The molecule has 272 valence electrons.